The third-order valence-electron chi connectivity index (χ3n) is 3.94. The summed E-state index contributed by atoms with van der Waals surface area (Å²) in [5.74, 6) is 1.76. The van der Waals surface area contributed by atoms with Crippen molar-refractivity contribution in [3.05, 3.63) is 34.6 Å². The Balaban J connectivity index is 1.68. The van der Waals surface area contributed by atoms with Crippen molar-refractivity contribution in [1.82, 2.24) is 14.8 Å². The molecule has 2 saturated carbocycles. The van der Waals surface area contributed by atoms with Crippen LogP contribution in [0.2, 0.25) is 5.02 Å². The Morgan fingerprint density at radius 2 is 2.05 bits per heavy atom. The van der Waals surface area contributed by atoms with Crippen LogP contribution < -0.4 is 0 Å². The van der Waals surface area contributed by atoms with E-state index in [1.165, 1.54) is 25.7 Å². The Labute approximate surface area is 132 Å². The second-order valence-electron chi connectivity index (χ2n) is 5.73. The predicted octanol–water partition coefficient (Wildman–Crippen LogP) is 3.79. The van der Waals surface area contributed by atoms with Crippen molar-refractivity contribution in [3.63, 3.8) is 0 Å². The fourth-order valence-electron chi connectivity index (χ4n) is 2.52. The highest BCUT2D eigenvalue weighted by atomic mass is 35.5. The highest BCUT2D eigenvalue weighted by molar-refractivity contribution is 7.99. The molecule has 1 heterocycles. The quantitative estimate of drug-likeness (QED) is 0.910. The summed E-state index contributed by atoms with van der Waals surface area (Å²) in [4.78, 5) is 0.999. The molecule has 0 bridgehead atoms. The van der Waals surface area contributed by atoms with Crippen LogP contribution in [0.15, 0.2) is 28.3 Å². The van der Waals surface area contributed by atoms with Crippen LogP contribution in [-0.2, 0) is 6.61 Å². The molecule has 1 aromatic heterocycles. The molecule has 6 heteroatoms. The minimum Gasteiger partial charge on any atom is -0.392 e. The third-order valence-corrected chi connectivity index (χ3v) is 5.25. The van der Waals surface area contributed by atoms with Crippen LogP contribution in [0.1, 0.15) is 49.0 Å². The van der Waals surface area contributed by atoms with Gasteiger partial charge in [0.25, 0.3) is 0 Å². The first-order valence-corrected chi connectivity index (χ1v) is 8.47. The van der Waals surface area contributed by atoms with Crippen molar-refractivity contribution < 1.29 is 5.11 Å². The summed E-state index contributed by atoms with van der Waals surface area (Å²) in [5.41, 5.74) is 0.839. The average Bonchev–Trinajstić information content (AvgIpc) is 3.40. The summed E-state index contributed by atoms with van der Waals surface area (Å²) >= 11 is 7.57. The van der Waals surface area contributed by atoms with Gasteiger partial charge < -0.3 is 9.67 Å². The number of hydrogen-bond donors (Lipinski definition) is 1. The van der Waals surface area contributed by atoms with E-state index in [-0.39, 0.29) is 6.61 Å². The number of nitrogens with zero attached hydrogens (tertiary/aromatic N) is 3. The molecule has 0 unspecified atom stereocenters. The topological polar surface area (TPSA) is 50.9 Å². The molecule has 2 aliphatic carbocycles. The number of halogens is 1. The van der Waals surface area contributed by atoms with E-state index in [9.17, 15) is 5.11 Å². The lowest BCUT2D eigenvalue weighted by Gasteiger charge is -2.10. The maximum Gasteiger partial charge on any atom is 0.196 e. The minimum absolute atomic E-state index is 0.0179. The van der Waals surface area contributed by atoms with E-state index >= 15 is 0 Å². The van der Waals surface area contributed by atoms with Crippen LogP contribution in [0.25, 0.3) is 0 Å². The lowest BCUT2D eigenvalue weighted by Crippen LogP contribution is -2.02. The number of benzene rings is 1. The van der Waals surface area contributed by atoms with Gasteiger partial charge in [0.1, 0.15) is 5.82 Å². The van der Waals surface area contributed by atoms with Gasteiger partial charge in [0, 0.05) is 21.9 Å². The van der Waals surface area contributed by atoms with Crippen molar-refractivity contribution in [2.75, 3.05) is 0 Å². The van der Waals surface area contributed by atoms with E-state index in [1.807, 2.05) is 18.2 Å². The number of hydrogen-bond acceptors (Lipinski definition) is 4. The zero-order chi connectivity index (χ0) is 14.4. The smallest absolute Gasteiger partial charge is 0.196 e. The Bertz CT molecular complexity index is 680. The van der Waals surface area contributed by atoms with Gasteiger partial charge in [0.2, 0.25) is 0 Å². The maximum absolute atomic E-state index is 9.50. The van der Waals surface area contributed by atoms with Gasteiger partial charge in [0.15, 0.2) is 5.16 Å². The molecule has 1 N–H and O–H groups in total. The number of rotatable bonds is 5. The van der Waals surface area contributed by atoms with Crippen LogP contribution >= 0.6 is 23.4 Å². The Morgan fingerprint density at radius 3 is 2.71 bits per heavy atom. The maximum atomic E-state index is 9.50. The molecule has 4 rings (SSSR count). The molecule has 0 spiro atoms. The molecule has 0 amide bonds. The van der Waals surface area contributed by atoms with Gasteiger partial charge in [-0.25, -0.2) is 0 Å². The van der Waals surface area contributed by atoms with Crippen molar-refractivity contribution in [1.29, 1.82) is 0 Å². The molecule has 0 aliphatic heterocycles. The molecule has 2 fully saturated rings. The van der Waals surface area contributed by atoms with Crippen LogP contribution in [0.5, 0.6) is 0 Å². The average molecular weight is 322 g/mol. The van der Waals surface area contributed by atoms with Gasteiger partial charge in [-0.15, -0.1) is 10.2 Å². The number of aliphatic hydroxyl groups is 1. The predicted molar refractivity (Wildman–Crippen MR) is 81.8 cm³/mol. The van der Waals surface area contributed by atoms with Gasteiger partial charge in [-0.05, 0) is 61.2 Å². The molecular formula is C15H16ClN3OS. The molecule has 2 aliphatic rings. The molecule has 0 radical (unpaired) electrons. The Kier molecular flexibility index (Phi) is 3.44. The van der Waals surface area contributed by atoms with Crippen molar-refractivity contribution in [3.8, 4) is 0 Å². The first-order valence-electron chi connectivity index (χ1n) is 7.28. The molecule has 2 aromatic rings. The molecule has 4 nitrogen and oxygen atoms in total. The zero-order valence-corrected chi connectivity index (χ0v) is 13.1. The van der Waals surface area contributed by atoms with Crippen LogP contribution in [0.3, 0.4) is 0 Å². The number of aliphatic hydroxyl groups excluding tert-OH is 1. The molecule has 0 saturated heterocycles. The highest BCUT2D eigenvalue weighted by Crippen LogP contribution is 2.47. The normalized spacial score (nSPS) is 18.2. The fraction of sp³-hybridized carbons (Fsp3) is 0.467. The lowest BCUT2D eigenvalue weighted by molar-refractivity contribution is 0.279. The fourth-order valence-corrected chi connectivity index (χ4v) is 3.73. The largest absolute Gasteiger partial charge is 0.392 e. The first kappa shape index (κ1) is 13.6. The molecule has 110 valence electrons. The summed E-state index contributed by atoms with van der Waals surface area (Å²) in [5, 5.41) is 19.9. The minimum atomic E-state index is -0.0179. The van der Waals surface area contributed by atoms with Crippen molar-refractivity contribution in [2.45, 2.75) is 54.3 Å². The van der Waals surface area contributed by atoms with Crippen molar-refractivity contribution >= 4 is 23.4 Å². The summed E-state index contributed by atoms with van der Waals surface area (Å²) in [6.07, 6.45) is 4.91. The molecule has 21 heavy (non-hydrogen) atoms. The van der Waals surface area contributed by atoms with Crippen molar-refractivity contribution in [2.24, 2.45) is 0 Å². The Hall–Kier alpha value is -1.04. The second-order valence-corrected chi connectivity index (χ2v) is 7.17. The monoisotopic (exact) mass is 321 g/mol. The van der Waals surface area contributed by atoms with Gasteiger partial charge in [-0.1, -0.05) is 11.6 Å². The summed E-state index contributed by atoms with van der Waals surface area (Å²) in [6.45, 7) is -0.0179. The standard InChI is InChI=1S/C15H16ClN3OS/c16-11-3-6-13(10(7-11)8-20)21-15-18-17-14(9-1-2-9)19(15)12-4-5-12/h3,6-7,9,12,20H,1-2,4-5,8H2. The van der Waals surface area contributed by atoms with E-state index in [0.29, 0.717) is 17.0 Å². The summed E-state index contributed by atoms with van der Waals surface area (Å²) in [6, 6.07) is 6.18. The number of aromatic nitrogens is 3. The SMILES string of the molecule is OCc1cc(Cl)ccc1Sc1nnc(C2CC2)n1C1CC1. The van der Waals surface area contributed by atoms with E-state index in [0.717, 1.165) is 21.4 Å². The van der Waals surface area contributed by atoms with Gasteiger partial charge >= 0.3 is 0 Å². The summed E-state index contributed by atoms with van der Waals surface area (Å²) < 4.78 is 2.32. The lowest BCUT2D eigenvalue weighted by atomic mass is 10.2. The van der Waals surface area contributed by atoms with E-state index in [2.05, 4.69) is 14.8 Å². The molecular weight excluding hydrogens is 306 g/mol. The van der Waals surface area contributed by atoms with Gasteiger partial charge in [-0.3, -0.25) is 0 Å². The molecule has 0 atom stereocenters. The van der Waals surface area contributed by atoms with Gasteiger partial charge in [-0.2, -0.15) is 0 Å². The van der Waals surface area contributed by atoms with E-state index < -0.39 is 0 Å². The van der Waals surface area contributed by atoms with E-state index in [4.69, 9.17) is 11.6 Å². The van der Waals surface area contributed by atoms with Crippen LogP contribution in [-0.4, -0.2) is 19.9 Å². The highest BCUT2D eigenvalue weighted by Gasteiger charge is 2.36. The third kappa shape index (κ3) is 2.70. The van der Waals surface area contributed by atoms with E-state index in [1.54, 1.807) is 11.8 Å². The van der Waals surface area contributed by atoms with Gasteiger partial charge in [0.05, 0.1) is 6.61 Å². The first-order chi connectivity index (χ1) is 10.3. The Morgan fingerprint density at radius 1 is 1.24 bits per heavy atom. The van der Waals surface area contributed by atoms with Crippen LogP contribution in [0.4, 0.5) is 0 Å². The second kappa shape index (κ2) is 5.30. The summed E-state index contributed by atoms with van der Waals surface area (Å²) in [7, 11) is 0. The zero-order valence-electron chi connectivity index (χ0n) is 11.5. The molecule has 1 aromatic carbocycles. The van der Waals surface area contributed by atoms with Crippen LogP contribution in [0, 0.1) is 0 Å².